The topological polar surface area (TPSA) is 46.3 Å². The lowest BCUT2D eigenvalue weighted by atomic mass is 10.2. The highest BCUT2D eigenvalue weighted by Crippen LogP contribution is 2.24. The summed E-state index contributed by atoms with van der Waals surface area (Å²) in [4.78, 5) is 12.9. The SMILES string of the molecule is Cc1ccc(N2CC(N)CC2=O)c(F)c1. The number of nitrogens with two attached hydrogens (primary N) is 1. The largest absolute Gasteiger partial charge is 0.326 e. The van der Waals surface area contributed by atoms with E-state index in [-0.39, 0.29) is 17.8 Å². The third-order valence-corrected chi connectivity index (χ3v) is 2.55. The molecule has 15 heavy (non-hydrogen) atoms. The summed E-state index contributed by atoms with van der Waals surface area (Å²) in [5, 5.41) is 0. The minimum Gasteiger partial charge on any atom is -0.326 e. The normalized spacial score (nSPS) is 21.1. The summed E-state index contributed by atoms with van der Waals surface area (Å²) in [5.41, 5.74) is 6.82. The van der Waals surface area contributed by atoms with Crippen LogP contribution in [0, 0.1) is 12.7 Å². The van der Waals surface area contributed by atoms with Gasteiger partial charge in [-0.15, -0.1) is 0 Å². The lowest BCUT2D eigenvalue weighted by Crippen LogP contribution is -2.28. The standard InChI is InChI=1S/C11H13FN2O/c1-7-2-3-10(9(12)4-7)14-6-8(13)5-11(14)15/h2-4,8H,5-6,13H2,1H3. The minimum atomic E-state index is -0.363. The van der Waals surface area contributed by atoms with Crippen LogP contribution in [0.4, 0.5) is 10.1 Å². The molecular formula is C11H13FN2O. The number of halogens is 1. The highest BCUT2D eigenvalue weighted by molar-refractivity contribution is 5.96. The van der Waals surface area contributed by atoms with Crippen LogP contribution in [0.3, 0.4) is 0 Å². The number of hydrogen-bond acceptors (Lipinski definition) is 2. The molecule has 1 fully saturated rings. The molecule has 0 bridgehead atoms. The van der Waals surface area contributed by atoms with Crippen molar-refractivity contribution in [3.05, 3.63) is 29.6 Å². The second-order valence-corrected chi connectivity index (χ2v) is 3.92. The van der Waals surface area contributed by atoms with Gasteiger partial charge in [0, 0.05) is 19.0 Å². The van der Waals surface area contributed by atoms with Gasteiger partial charge in [-0.05, 0) is 24.6 Å². The maximum Gasteiger partial charge on any atom is 0.228 e. The van der Waals surface area contributed by atoms with Gasteiger partial charge >= 0.3 is 0 Å². The van der Waals surface area contributed by atoms with E-state index < -0.39 is 0 Å². The first-order valence-electron chi connectivity index (χ1n) is 4.90. The van der Waals surface area contributed by atoms with Gasteiger partial charge in [-0.3, -0.25) is 4.79 Å². The van der Waals surface area contributed by atoms with Crippen molar-refractivity contribution in [2.45, 2.75) is 19.4 Å². The van der Waals surface area contributed by atoms with Crippen LogP contribution in [-0.2, 0) is 4.79 Å². The van der Waals surface area contributed by atoms with Gasteiger partial charge in [0.1, 0.15) is 5.82 Å². The number of nitrogens with zero attached hydrogens (tertiary/aromatic N) is 1. The van der Waals surface area contributed by atoms with Crippen LogP contribution in [0.5, 0.6) is 0 Å². The Hall–Kier alpha value is -1.42. The van der Waals surface area contributed by atoms with Gasteiger partial charge in [0.15, 0.2) is 0 Å². The predicted molar refractivity (Wildman–Crippen MR) is 56.1 cm³/mol. The first-order chi connectivity index (χ1) is 7.08. The van der Waals surface area contributed by atoms with Gasteiger partial charge < -0.3 is 10.6 Å². The Morgan fingerprint density at radius 1 is 1.53 bits per heavy atom. The van der Waals surface area contributed by atoms with Gasteiger partial charge in [0.25, 0.3) is 0 Å². The zero-order valence-corrected chi connectivity index (χ0v) is 8.53. The Morgan fingerprint density at radius 3 is 2.80 bits per heavy atom. The predicted octanol–water partition coefficient (Wildman–Crippen LogP) is 1.20. The number of aryl methyl sites for hydroxylation is 1. The van der Waals surface area contributed by atoms with E-state index >= 15 is 0 Å². The minimum absolute atomic E-state index is 0.106. The number of hydrogen-bond donors (Lipinski definition) is 1. The Bertz CT molecular complexity index is 406. The van der Waals surface area contributed by atoms with E-state index in [1.54, 1.807) is 12.1 Å². The molecule has 1 amide bonds. The highest BCUT2D eigenvalue weighted by atomic mass is 19.1. The number of anilines is 1. The molecule has 1 unspecified atom stereocenters. The molecule has 2 N–H and O–H groups in total. The van der Waals surface area contributed by atoms with Crippen LogP contribution in [0.1, 0.15) is 12.0 Å². The monoisotopic (exact) mass is 208 g/mol. The number of carbonyl (C=O) groups excluding carboxylic acids is 1. The molecule has 80 valence electrons. The smallest absolute Gasteiger partial charge is 0.228 e. The molecule has 0 aromatic heterocycles. The molecule has 1 aromatic carbocycles. The zero-order chi connectivity index (χ0) is 11.0. The van der Waals surface area contributed by atoms with Crippen molar-refractivity contribution in [3.8, 4) is 0 Å². The Kier molecular flexibility index (Phi) is 2.44. The van der Waals surface area contributed by atoms with Crippen LogP contribution in [-0.4, -0.2) is 18.5 Å². The molecule has 1 aliphatic heterocycles. The Morgan fingerprint density at radius 2 is 2.27 bits per heavy atom. The summed E-state index contributed by atoms with van der Waals surface area (Å²) in [6, 6.07) is 4.65. The first-order valence-corrected chi connectivity index (χ1v) is 4.90. The summed E-state index contributed by atoms with van der Waals surface area (Å²) < 4.78 is 13.6. The van der Waals surface area contributed by atoms with Crippen LogP contribution >= 0.6 is 0 Å². The fourth-order valence-corrected chi connectivity index (χ4v) is 1.80. The van der Waals surface area contributed by atoms with E-state index in [1.807, 2.05) is 6.92 Å². The molecular weight excluding hydrogens is 195 g/mol. The Balaban J connectivity index is 2.34. The second-order valence-electron chi connectivity index (χ2n) is 3.92. The van der Waals surface area contributed by atoms with Crippen LogP contribution in [0.15, 0.2) is 18.2 Å². The van der Waals surface area contributed by atoms with Crippen molar-refractivity contribution in [3.63, 3.8) is 0 Å². The molecule has 1 aliphatic rings. The van der Waals surface area contributed by atoms with E-state index in [4.69, 9.17) is 5.73 Å². The summed E-state index contributed by atoms with van der Waals surface area (Å²) in [7, 11) is 0. The van der Waals surface area contributed by atoms with E-state index in [2.05, 4.69) is 0 Å². The number of amides is 1. The van der Waals surface area contributed by atoms with Crippen molar-refractivity contribution < 1.29 is 9.18 Å². The molecule has 1 saturated heterocycles. The second kappa shape index (κ2) is 3.62. The van der Waals surface area contributed by atoms with E-state index in [9.17, 15) is 9.18 Å². The first kappa shape index (κ1) is 10.1. The maximum absolute atomic E-state index is 13.6. The third-order valence-electron chi connectivity index (χ3n) is 2.55. The lowest BCUT2D eigenvalue weighted by Gasteiger charge is -2.16. The summed E-state index contributed by atoms with van der Waals surface area (Å²) in [6.07, 6.45) is 0.299. The fourth-order valence-electron chi connectivity index (χ4n) is 1.80. The molecule has 0 saturated carbocycles. The average molecular weight is 208 g/mol. The number of benzene rings is 1. The van der Waals surface area contributed by atoms with Gasteiger partial charge in [-0.25, -0.2) is 4.39 Å². The molecule has 0 aliphatic carbocycles. The summed E-state index contributed by atoms with van der Waals surface area (Å²) >= 11 is 0. The van der Waals surface area contributed by atoms with Gasteiger partial charge in [-0.1, -0.05) is 6.07 Å². The fraction of sp³-hybridized carbons (Fsp3) is 0.364. The van der Waals surface area contributed by atoms with Gasteiger partial charge in [0.2, 0.25) is 5.91 Å². The number of rotatable bonds is 1. The maximum atomic E-state index is 13.6. The molecule has 1 atom stereocenters. The Labute approximate surface area is 87.7 Å². The van der Waals surface area contributed by atoms with E-state index in [0.717, 1.165) is 5.56 Å². The summed E-state index contributed by atoms with van der Waals surface area (Å²) in [5.74, 6) is -0.470. The zero-order valence-electron chi connectivity index (χ0n) is 8.53. The molecule has 0 spiro atoms. The van der Waals surface area contributed by atoms with Gasteiger partial charge in [-0.2, -0.15) is 0 Å². The lowest BCUT2D eigenvalue weighted by molar-refractivity contribution is -0.117. The van der Waals surface area contributed by atoms with Crippen molar-refractivity contribution in [2.24, 2.45) is 5.73 Å². The van der Waals surface area contributed by atoms with Crippen molar-refractivity contribution in [1.29, 1.82) is 0 Å². The molecule has 1 aromatic rings. The quantitative estimate of drug-likeness (QED) is 0.753. The number of carbonyl (C=O) groups is 1. The molecule has 2 rings (SSSR count). The van der Waals surface area contributed by atoms with Crippen molar-refractivity contribution >= 4 is 11.6 Å². The van der Waals surface area contributed by atoms with Crippen LogP contribution < -0.4 is 10.6 Å². The van der Waals surface area contributed by atoms with Crippen molar-refractivity contribution in [2.75, 3.05) is 11.4 Å². The van der Waals surface area contributed by atoms with Crippen LogP contribution in [0.25, 0.3) is 0 Å². The average Bonchev–Trinajstić information content (AvgIpc) is 2.45. The third kappa shape index (κ3) is 1.85. The molecule has 4 heteroatoms. The molecule has 1 heterocycles. The molecule has 3 nitrogen and oxygen atoms in total. The molecule has 0 radical (unpaired) electrons. The highest BCUT2D eigenvalue weighted by Gasteiger charge is 2.29. The van der Waals surface area contributed by atoms with E-state index in [0.29, 0.717) is 18.7 Å². The van der Waals surface area contributed by atoms with Crippen LogP contribution in [0.2, 0.25) is 0 Å². The summed E-state index contributed by atoms with van der Waals surface area (Å²) in [6.45, 7) is 2.21. The van der Waals surface area contributed by atoms with Gasteiger partial charge in [0.05, 0.1) is 5.69 Å². The van der Waals surface area contributed by atoms with E-state index in [1.165, 1.54) is 11.0 Å². The van der Waals surface area contributed by atoms with Crippen molar-refractivity contribution in [1.82, 2.24) is 0 Å².